The standard InChI is InChI=1S/C12H17N3O/c16-12-9-13-6-5-11(12)14-10-15-7-3-1-2-4-8-15/h5-6,9-10,16H,1-4,7-8H2/b14-10+. The summed E-state index contributed by atoms with van der Waals surface area (Å²) in [6, 6.07) is 1.71. The van der Waals surface area contributed by atoms with Gasteiger partial charge in [-0.2, -0.15) is 0 Å². The Morgan fingerprint density at radius 1 is 1.25 bits per heavy atom. The minimum atomic E-state index is 0.133. The van der Waals surface area contributed by atoms with Crippen LogP contribution in [0.2, 0.25) is 0 Å². The smallest absolute Gasteiger partial charge is 0.159 e. The first-order valence-electron chi connectivity index (χ1n) is 5.77. The summed E-state index contributed by atoms with van der Waals surface area (Å²) >= 11 is 0. The molecule has 0 aliphatic carbocycles. The second-order valence-corrected chi connectivity index (χ2v) is 4.06. The number of hydrogen-bond acceptors (Lipinski definition) is 3. The summed E-state index contributed by atoms with van der Waals surface area (Å²) in [6.45, 7) is 2.13. The Bertz CT molecular complexity index is 357. The third-order valence-electron chi connectivity index (χ3n) is 2.78. The number of rotatable bonds is 2. The molecule has 0 amide bonds. The molecule has 1 aromatic heterocycles. The summed E-state index contributed by atoms with van der Waals surface area (Å²) in [5.74, 6) is 0.133. The molecule has 0 aromatic carbocycles. The number of aromatic nitrogens is 1. The lowest BCUT2D eigenvalue weighted by Gasteiger charge is -2.15. The van der Waals surface area contributed by atoms with Gasteiger partial charge in [0.15, 0.2) is 5.75 Å². The predicted molar refractivity (Wildman–Crippen MR) is 64.1 cm³/mol. The fraction of sp³-hybridized carbons (Fsp3) is 0.500. The number of nitrogens with zero attached hydrogens (tertiary/aromatic N) is 3. The fourth-order valence-electron chi connectivity index (χ4n) is 1.84. The van der Waals surface area contributed by atoms with E-state index in [2.05, 4.69) is 14.9 Å². The van der Waals surface area contributed by atoms with E-state index >= 15 is 0 Å². The van der Waals surface area contributed by atoms with Gasteiger partial charge in [-0.15, -0.1) is 0 Å². The van der Waals surface area contributed by atoms with Crippen molar-refractivity contribution in [3.05, 3.63) is 18.5 Å². The zero-order valence-corrected chi connectivity index (χ0v) is 9.34. The Morgan fingerprint density at radius 2 is 2.00 bits per heavy atom. The molecule has 86 valence electrons. The molecule has 1 N–H and O–H groups in total. The van der Waals surface area contributed by atoms with Crippen LogP contribution in [0.3, 0.4) is 0 Å². The van der Waals surface area contributed by atoms with Crippen LogP contribution in [-0.2, 0) is 0 Å². The first-order valence-corrected chi connectivity index (χ1v) is 5.77. The summed E-state index contributed by atoms with van der Waals surface area (Å²) in [5, 5.41) is 9.50. The molecule has 4 heteroatoms. The summed E-state index contributed by atoms with van der Waals surface area (Å²) in [5.41, 5.74) is 0.583. The monoisotopic (exact) mass is 219 g/mol. The van der Waals surface area contributed by atoms with E-state index in [-0.39, 0.29) is 5.75 Å². The van der Waals surface area contributed by atoms with Crippen LogP contribution in [0.25, 0.3) is 0 Å². The Morgan fingerprint density at radius 3 is 2.69 bits per heavy atom. The molecule has 1 saturated heterocycles. The highest BCUT2D eigenvalue weighted by atomic mass is 16.3. The Labute approximate surface area is 95.6 Å². The fourth-order valence-corrected chi connectivity index (χ4v) is 1.84. The van der Waals surface area contributed by atoms with Crippen molar-refractivity contribution in [1.82, 2.24) is 9.88 Å². The Kier molecular flexibility index (Phi) is 3.75. The van der Waals surface area contributed by atoms with Gasteiger partial charge in [0.05, 0.1) is 12.5 Å². The molecule has 16 heavy (non-hydrogen) atoms. The van der Waals surface area contributed by atoms with Crippen LogP contribution in [0.5, 0.6) is 5.75 Å². The quantitative estimate of drug-likeness (QED) is 0.613. The molecular formula is C12H17N3O. The van der Waals surface area contributed by atoms with Crippen molar-refractivity contribution in [2.24, 2.45) is 4.99 Å². The van der Waals surface area contributed by atoms with Crippen LogP contribution in [0.4, 0.5) is 5.69 Å². The molecule has 0 bridgehead atoms. The van der Waals surface area contributed by atoms with Gasteiger partial charge in [-0.3, -0.25) is 4.98 Å². The third kappa shape index (κ3) is 2.95. The lowest BCUT2D eigenvalue weighted by atomic mass is 10.2. The molecule has 0 unspecified atom stereocenters. The lowest BCUT2D eigenvalue weighted by Crippen LogP contribution is -2.22. The number of pyridine rings is 1. The van der Waals surface area contributed by atoms with Crippen molar-refractivity contribution in [3.63, 3.8) is 0 Å². The summed E-state index contributed by atoms with van der Waals surface area (Å²) in [7, 11) is 0. The van der Waals surface area contributed by atoms with Crippen molar-refractivity contribution in [2.75, 3.05) is 13.1 Å². The highest BCUT2D eigenvalue weighted by molar-refractivity contribution is 5.64. The maximum Gasteiger partial charge on any atom is 0.159 e. The minimum absolute atomic E-state index is 0.133. The number of hydrogen-bond donors (Lipinski definition) is 1. The van der Waals surface area contributed by atoms with E-state index in [1.165, 1.54) is 31.9 Å². The van der Waals surface area contributed by atoms with E-state index in [9.17, 15) is 5.11 Å². The molecule has 1 aliphatic rings. The molecule has 1 aliphatic heterocycles. The van der Waals surface area contributed by atoms with Gasteiger partial charge in [0.2, 0.25) is 0 Å². The molecule has 0 saturated carbocycles. The van der Waals surface area contributed by atoms with Crippen LogP contribution < -0.4 is 0 Å². The third-order valence-corrected chi connectivity index (χ3v) is 2.78. The lowest BCUT2D eigenvalue weighted by molar-refractivity contribution is 0.447. The van der Waals surface area contributed by atoms with Crippen LogP contribution in [0.15, 0.2) is 23.5 Å². The second kappa shape index (κ2) is 5.49. The largest absolute Gasteiger partial charge is 0.504 e. The molecule has 0 atom stereocenters. The van der Waals surface area contributed by atoms with E-state index in [0.717, 1.165) is 13.1 Å². The van der Waals surface area contributed by atoms with Crippen molar-refractivity contribution in [3.8, 4) is 5.75 Å². The average molecular weight is 219 g/mol. The number of aliphatic imine (C=N–C) groups is 1. The van der Waals surface area contributed by atoms with Crippen LogP contribution >= 0.6 is 0 Å². The SMILES string of the molecule is Oc1cnccc1/N=C/N1CCCCCC1. The van der Waals surface area contributed by atoms with Gasteiger partial charge >= 0.3 is 0 Å². The van der Waals surface area contributed by atoms with Crippen LogP contribution in [-0.4, -0.2) is 34.4 Å². The highest BCUT2D eigenvalue weighted by Crippen LogP contribution is 2.23. The summed E-state index contributed by atoms with van der Waals surface area (Å²) in [6.07, 6.45) is 9.96. The molecule has 2 heterocycles. The van der Waals surface area contributed by atoms with Crippen LogP contribution in [0, 0.1) is 0 Å². The molecular weight excluding hydrogens is 202 g/mol. The molecule has 0 radical (unpaired) electrons. The van der Waals surface area contributed by atoms with Gasteiger partial charge in [-0.05, 0) is 18.9 Å². The van der Waals surface area contributed by atoms with Gasteiger partial charge in [0.25, 0.3) is 0 Å². The maximum absolute atomic E-state index is 9.50. The molecule has 4 nitrogen and oxygen atoms in total. The zero-order chi connectivity index (χ0) is 11.2. The summed E-state index contributed by atoms with van der Waals surface area (Å²) < 4.78 is 0. The Hall–Kier alpha value is -1.58. The van der Waals surface area contributed by atoms with E-state index in [1.54, 1.807) is 12.3 Å². The highest BCUT2D eigenvalue weighted by Gasteiger charge is 2.05. The van der Waals surface area contributed by atoms with Crippen molar-refractivity contribution >= 4 is 12.0 Å². The maximum atomic E-state index is 9.50. The van der Waals surface area contributed by atoms with Gasteiger partial charge in [-0.25, -0.2) is 4.99 Å². The molecule has 1 aromatic rings. The van der Waals surface area contributed by atoms with Crippen molar-refractivity contribution in [1.29, 1.82) is 0 Å². The van der Waals surface area contributed by atoms with E-state index in [0.29, 0.717) is 5.69 Å². The first kappa shape index (κ1) is 10.9. The van der Waals surface area contributed by atoms with Gasteiger partial charge in [0, 0.05) is 19.3 Å². The molecule has 2 rings (SSSR count). The van der Waals surface area contributed by atoms with E-state index in [4.69, 9.17) is 0 Å². The summed E-state index contributed by atoms with van der Waals surface area (Å²) in [4.78, 5) is 10.3. The van der Waals surface area contributed by atoms with E-state index < -0.39 is 0 Å². The zero-order valence-electron chi connectivity index (χ0n) is 9.34. The minimum Gasteiger partial charge on any atom is -0.504 e. The van der Waals surface area contributed by atoms with Crippen LogP contribution in [0.1, 0.15) is 25.7 Å². The van der Waals surface area contributed by atoms with E-state index in [1.807, 2.05) is 6.34 Å². The first-order chi connectivity index (χ1) is 7.86. The number of likely N-dealkylation sites (tertiary alicyclic amines) is 1. The second-order valence-electron chi connectivity index (χ2n) is 4.06. The van der Waals surface area contributed by atoms with Crippen molar-refractivity contribution < 1.29 is 5.11 Å². The Balaban J connectivity index is 2.00. The van der Waals surface area contributed by atoms with Gasteiger partial charge in [-0.1, -0.05) is 12.8 Å². The molecule has 1 fully saturated rings. The molecule has 0 spiro atoms. The van der Waals surface area contributed by atoms with Gasteiger partial charge < -0.3 is 10.0 Å². The number of aromatic hydroxyl groups is 1. The predicted octanol–water partition coefficient (Wildman–Crippen LogP) is 2.32. The normalized spacial score (nSPS) is 17.6. The van der Waals surface area contributed by atoms with Gasteiger partial charge in [0.1, 0.15) is 5.69 Å². The average Bonchev–Trinajstić information content (AvgIpc) is 2.56. The topological polar surface area (TPSA) is 48.7 Å². The van der Waals surface area contributed by atoms with Crippen molar-refractivity contribution in [2.45, 2.75) is 25.7 Å².